The first-order valence-corrected chi connectivity index (χ1v) is 5.50. The minimum Gasteiger partial charge on any atom is -0.375 e. The van der Waals surface area contributed by atoms with E-state index in [-0.39, 0.29) is 5.97 Å². The van der Waals surface area contributed by atoms with E-state index in [9.17, 15) is 15.0 Å². The second-order valence-corrected chi connectivity index (χ2v) is 3.82. The maximum absolute atomic E-state index is 11.3. The van der Waals surface area contributed by atoms with Crippen LogP contribution in [0.15, 0.2) is 0 Å². The van der Waals surface area contributed by atoms with Crippen molar-refractivity contribution in [3.63, 3.8) is 0 Å². The van der Waals surface area contributed by atoms with E-state index >= 15 is 0 Å². The Hall–Kier alpha value is -0.650. The molecular weight excluding hydrogens is 198 g/mol. The van der Waals surface area contributed by atoms with Crippen molar-refractivity contribution in [2.75, 3.05) is 0 Å². The highest BCUT2D eigenvalue weighted by Crippen LogP contribution is 2.21. The molecule has 0 radical (unpaired) electrons. The van der Waals surface area contributed by atoms with E-state index < -0.39 is 12.5 Å². The van der Waals surface area contributed by atoms with Gasteiger partial charge < -0.3 is 15.1 Å². The Labute approximate surface area is 89.6 Å². The number of hydrogen-bond donors (Lipinski definition) is 2. The van der Waals surface area contributed by atoms with E-state index in [2.05, 4.69) is 6.92 Å². The quantitative estimate of drug-likeness (QED) is 0.665. The molecule has 5 nitrogen and oxygen atoms in total. The van der Waals surface area contributed by atoms with Gasteiger partial charge in [-0.05, 0) is 19.3 Å². The molecule has 2 unspecified atom stereocenters. The number of aliphatic hydroxyl groups excluding tert-OH is 2. The minimum absolute atomic E-state index is 0.337. The maximum Gasteiger partial charge on any atom is 0.325 e. The fourth-order valence-electron chi connectivity index (χ4n) is 1.56. The Morgan fingerprint density at radius 1 is 1.33 bits per heavy atom. The molecule has 1 fully saturated rings. The summed E-state index contributed by atoms with van der Waals surface area (Å²) in [5.41, 5.74) is 0. The first-order valence-electron chi connectivity index (χ1n) is 5.50. The van der Waals surface area contributed by atoms with Crippen LogP contribution in [0.4, 0.5) is 0 Å². The Kier molecular flexibility index (Phi) is 5.01. The normalized spacial score (nSPS) is 26.9. The predicted molar refractivity (Wildman–Crippen MR) is 53.3 cm³/mol. The smallest absolute Gasteiger partial charge is 0.325 e. The molecule has 1 aliphatic rings. The SMILES string of the molecule is CCCCCC(=O)ON1C(O)CCC1O. The van der Waals surface area contributed by atoms with Gasteiger partial charge in [-0.15, -0.1) is 0 Å². The number of rotatable bonds is 5. The summed E-state index contributed by atoms with van der Waals surface area (Å²) in [5, 5.41) is 19.7. The molecule has 2 N–H and O–H groups in total. The summed E-state index contributed by atoms with van der Waals surface area (Å²) in [6.45, 7) is 2.05. The third kappa shape index (κ3) is 3.77. The lowest BCUT2D eigenvalue weighted by atomic mass is 10.2. The van der Waals surface area contributed by atoms with Crippen molar-refractivity contribution < 1.29 is 19.8 Å². The summed E-state index contributed by atoms with van der Waals surface area (Å²) in [7, 11) is 0. The van der Waals surface area contributed by atoms with Crippen molar-refractivity contribution in [1.82, 2.24) is 5.06 Å². The predicted octanol–water partition coefficient (Wildman–Crippen LogP) is 0.758. The van der Waals surface area contributed by atoms with E-state index in [1.807, 2.05) is 0 Å². The van der Waals surface area contributed by atoms with Crippen LogP contribution in [0.2, 0.25) is 0 Å². The van der Waals surface area contributed by atoms with Crippen molar-refractivity contribution in [2.45, 2.75) is 57.9 Å². The zero-order chi connectivity index (χ0) is 11.3. The Bertz CT molecular complexity index is 200. The molecule has 0 spiro atoms. The van der Waals surface area contributed by atoms with Crippen molar-refractivity contribution in [3.05, 3.63) is 0 Å². The largest absolute Gasteiger partial charge is 0.375 e. The highest BCUT2D eigenvalue weighted by Gasteiger charge is 2.33. The third-order valence-electron chi connectivity index (χ3n) is 2.46. The molecule has 0 aromatic rings. The topological polar surface area (TPSA) is 70.0 Å². The highest BCUT2D eigenvalue weighted by atomic mass is 16.7. The molecule has 1 heterocycles. The second kappa shape index (κ2) is 6.05. The van der Waals surface area contributed by atoms with E-state index in [4.69, 9.17) is 4.84 Å². The fraction of sp³-hybridized carbons (Fsp3) is 0.900. The molecule has 0 aromatic carbocycles. The first-order chi connectivity index (χ1) is 7.15. The number of nitrogens with zero attached hydrogens (tertiary/aromatic N) is 1. The van der Waals surface area contributed by atoms with Crippen LogP contribution >= 0.6 is 0 Å². The number of carbonyl (C=O) groups is 1. The molecule has 0 bridgehead atoms. The zero-order valence-corrected chi connectivity index (χ0v) is 9.06. The Morgan fingerprint density at radius 2 is 1.93 bits per heavy atom. The average molecular weight is 217 g/mol. The van der Waals surface area contributed by atoms with Crippen LogP contribution in [0.5, 0.6) is 0 Å². The van der Waals surface area contributed by atoms with Gasteiger partial charge in [-0.3, -0.25) is 4.79 Å². The van der Waals surface area contributed by atoms with Gasteiger partial charge in [-0.1, -0.05) is 24.8 Å². The summed E-state index contributed by atoms with van der Waals surface area (Å²) in [6, 6.07) is 0. The lowest BCUT2D eigenvalue weighted by molar-refractivity contribution is -0.261. The van der Waals surface area contributed by atoms with Gasteiger partial charge in [-0.2, -0.15) is 0 Å². The van der Waals surface area contributed by atoms with Gasteiger partial charge >= 0.3 is 5.97 Å². The molecule has 1 rings (SSSR count). The van der Waals surface area contributed by atoms with Crippen LogP contribution in [0.25, 0.3) is 0 Å². The minimum atomic E-state index is -0.866. The molecule has 1 saturated heterocycles. The van der Waals surface area contributed by atoms with Crippen molar-refractivity contribution in [2.24, 2.45) is 0 Å². The Morgan fingerprint density at radius 3 is 2.47 bits per heavy atom. The molecule has 0 saturated carbocycles. The molecular formula is C10H19NO4. The molecule has 5 heteroatoms. The molecule has 0 aromatic heterocycles. The fourth-order valence-corrected chi connectivity index (χ4v) is 1.56. The number of carbonyl (C=O) groups excluding carboxylic acids is 1. The van der Waals surface area contributed by atoms with Crippen LogP contribution < -0.4 is 0 Å². The van der Waals surface area contributed by atoms with Gasteiger partial charge in [0.15, 0.2) is 0 Å². The summed E-state index contributed by atoms with van der Waals surface area (Å²) < 4.78 is 0. The van der Waals surface area contributed by atoms with Crippen LogP contribution in [0.1, 0.15) is 45.4 Å². The molecule has 1 aliphatic heterocycles. The molecule has 0 aliphatic carbocycles. The van der Waals surface area contributed by atoms with Crippen LogP contribution in [-0.2, 0) is 9.63 Å². The molecule has 15 heavy (non-hydrogen) atoms. The van der Waals surface area contributed by atoms with Gasteiger partial charge in [0.2, 0.25) is 0 Å². The third-order valence-corrected chi connectivity index (χ3v) is 2.46. The zero-order valence-electron chi connectivity index (χ0n) is 9.06. The number of unbranched alkanes of at least 4 members (excludes halogenated alkanes) is 2. The first kappa shape index (κ1) is 12.4. The van der Waals surface area contributed by atoms with E-state index in [1.165, 1.54) is 0 Å². The lowest BCUT2D eigenvalue weighted by Gasteiger charge is -2.21. The standard InChI is InChI=1S/C10H19NO4/c1-2-3-4-5-10(14)15-11-8(12)6-7-9(11)13/h8-9,12-13H,2-7H2,1H3. The van der Waals surface area contributed by atoms with E-state index in [1.54, 1.807) is 0 Å². The molecule has 0 amide bonds. The Balaban J connectivity index is 2.24. The van der Waals surface area contributed by atoms with E-state index in [0.29, 0.717) is 19.3 Å². The molecule has 2 atom stereocenters. The van der Waals surface area contributed by atoms with Crippen LogP contribution in [0.3, 0.4) is 0 Å². The van der Waals surface area contributed by atoms with Crippen LogP contribution in [0, 0.1) is 0 Å². The number of aliphatic hydroxyl groups is 2. The van der Waals surface area contributed by atoms with Crippen molar-refractivity contribution >= 4 is 5.97 Å². The monoisotopic (exact) mass is 217 g/mol. The maximum atomic E-state index is 11.3. The van der Waals surface area contributed by atoms with Crippen LogP contribution in [-0.4, -0.2) is 33.7 Å². The van der Waals surface area contributed by atoms with E-state index in [0.717, 1.165) is 24.3 Å². The summed E-state index contributed by atoms with van der Waals surface area (Å²) in [6.07, 6.45) is 2.29. The average Bonchev–Trinajstić information content (AvgIpc) is 2.50. The number of hydrogen-bond acceptors (Lipinski definition) is 5. The number of hydroxylamine groups is 2. The summed E-state index contributed by atoms with van der Waals surface area (Å²) in [4.78, 5) is 16.2. The summed E-state index contributed by atoms with van der Waals surface area (Å²) >= 11 is 0. The van der Waals surface area contributed by atoms with Gasteiger partial charge in [0.1, 0.15) is 12.5 Å². The lowest BCUT2D eigenvalue weighted by Crippen LogP contribution is -2.37. The molecule has 88 valence electrons. The van der Waals surface area contributed by atoms with Gasteiger partial charge in [-0.25, -0.2) is 0 Å². The van der Waals surface area contributed by atoms with Crippen molar-refractivity contribution in [1.29, 1.82) is 0 Å². The van der Waals surface area contributed by atoms with Gasteiger partial charge in [0, 0.05) is 6.42 Å². The second-order valence-electron chi connectivity index (χ2n) is 3.82. The van der Waals surface area contributed by atoms with Gasteiger partial charge in [0.25, 0.3) is 0 Å². The highest BCUT2D eigenvalue weighted by molar-refractivity contribution is 5.68. The van der Waals surface area contributed by atoms with Gasteiger partial charge in [0.05, 0.1) is 0 Å². The van der Waals surface area contributed by atoms with Crippen molar-refractivity contribution in [3.8, 4) is 0 Å². The summed E-state index contributed by atoms with van der Waals surface area (Å²) in [5.74, 6) is -0.386.